The van der Waals surface area contributed by atoms with Crippen LogP contribution in [-0.2, 0) is 6.42 Å². The molecule has 0 N–H and O–H groups in total. The van der Waals surface area contributed by atoms with Crippen LogP contribution in [0.15, 0.2) is 67.1 Å². The summed E-state index contributed by atoms with van der Waals surface area (Å²) in [6.07, 6.45) is 8.30. The second kappa shape index (κ2) is 9.31. The van der Waals surface area contributed by atoms with Gasteiger partial charge >= 0.3 is 0 Å². The number of rotatable bonds is 6. The van der Waals surface area contributed by atoms with Crippen molar-refractivity contribution >= 4 is 11.6 Å². The number of aryl methyl sites for hydroxylation is 1. The van der Waals surface area contributed by atoms with Gasteiger partial charge in [-0.2, -0.15) is 0 Å². The largest absolute Gasteiger partial charge is 0.303 e. The molecule has 4 heteroatoms. The third kappa shape index (κ3) is 4.60. The van der Waals surface area contributed by atoms with E-state index in [9.17, 15) is 0 Å². The topological polar surface area (TPSA) is 29.0 Å². The maximum absolute atomic E-state index is 6.46. The minimum atomic E-state index is 0.430. The number of halogens is 1. The van der Waals surface area contributed by atoms with Gasteiger partial charge < -0.3 is 4.90 Å². The zero-order valence-electron chi connectivity index (χ0n) is 16.1. The molecule has 1 atom stereocenters. The number of hydrogen-bond donors (Lipinski definition) is 0. The summed E-state index contributed by atoms with van der Waals surface area (Å²) in [6.45, 7) is 3.37. The molecular weight excluding hydrogens is 366 g/mol. The summed E-state index contributed by atoms with van der Waals surface area (Å²) in [5, 5.41) is 0.758. The smallest absolute Gasteiger partial charge is 0.115 e. The second-order valence-electron chi connectivity index (χ2n) is 7.53. The number of aromatic nitrogens is 2. The minimum absolute atomic E-state index is 0.430. The Morgan fingerprint density at radius 1 is 1.00 bits per heavy atom. The lowest BCUT2D eigenvalue weighted by atomic mass is 9.90. The molecule has 1 fully saturated rings. The van der Waals surface area contributed by atoms with Crippen LogP contribution in [0.4, 0.5) is 0 Å². The Kier molecular flexibility index (Phi) is 6.35. The first kappa shape index (κ1) is 19.1. The molecule has 0 spiro atoms. The fraction of sp³-hybridized carbons (Fsp3) is 0.333. The first-order chi connectivity index (χ1) is 13.8. The monoisotopic (exact) mass is 391 g/mol. The summed E-state index contributed by atoms with van der Waals surface area (Å²) in [7, 11) is 0. The SMILES string of the molecule is Clc1ccccc1-c1cncnc1C1CCCN(CCCc2ccccc2)C1. The van der Waals surface area contributed by atoms with E-state index < -0.39 is 0 Å². The van der Waals surface area contributed by atoms with E-state index in [-0.39, 0.29) is 0 Å². The van der Waals surface area contributed by atoms with Gasteiger partial charge in [0.15, 0.2) is 0 Å². The van der Waals surface area contributed by atoms with E-state index in [2.05, 4.69) is 51.3 Å². The highest BCUT2D eigenvalue weighted by atomic mass is 35.5. The lowest BCUT2D eigenvalue weighted by molar-refractivity contribution is 0.204. The van der Waals surface area contributed by atoms with Crippen LogP contribution in [0.1, 0.15) is 36.4 Å². The summed E-state index contributed by atoms with van der Waals surface area (Å²) < 4.78 is 0. The van der Waals surface area contributed by atoms with E-state index in [1.807, 2.05) is 24.4 Å². The Balaban J connectivity index is 1.44. The molecule has 3 nitrogen and oxygen atoms in total. The van der Waals surface area contributed by atoms with Crippen molar-refractivity contribution < 1.29 is 0 Å². The Bertz CT molecular complexity index is 897. The predicted molar refractivity (Wildman–Crippen MR) is 116 cm³/mol. The van der Waals surface area contributed by atoms with Gasteiger partial charge in [-0.15, -0.1) is 0 Å². The molecular formula is C24H26ClN3. The lowest BCUT2D eigenvalue weighted by Crippen LogP contribution is -2.35. The van der Waals surface area contributed by atoms with Gasteiger partial charge in [0.1, 0.15) is 6.33 Å². The Morgan fingerprint density at radius 3 is 2.68 bits per heavy atom. The van der Waals surface area contributed by atoms with Gasteiger partial charge in [0.25, 0.3) is 0 Å². The third-order valence-electron chi connectivity index (χ3n) is 5.58. The molecule has 2 heterocycles. The number of nitrogens with zero attached hydrogens (tertiary/aromatic N) is 3. The van der Waals surface area contributed by atoms with Gasteiger partial charge in [-0.1, -0.05) is 60.1 Å². The van der Waals surface area contributed by atoms with E-state index in [0.29, 0.717) is 5.92 Å². The molecule has 2 aromatic carbocycles. The standard InChI is InChI=1S/C24H26ClN3/c25-23-13-5-4-12-21(23)22-16-26-18-27-24(22)20-11-7-15-28(17-20)14-6-10-19-8-2-1-3-9-19/h1-5,8-9,12-13,16,18,20H,6-7,10-11,14-15,17H2. The molecule has 1 aromatic heterocycles. The van der Waals surface area contributed by atoms with Crippen molar-refractivity contribution in [2.45, 2.75) is 31.6 Å². The average molecular weight is 392 g/mol. The zero-order chi connectivity index (χ0) is 19.2. The van der Waals surface area contributed by atoms with E-state index in [0.717, 1.165) is 41.4 Å². The van der Waals surface area contributed by atoms with Crippen molar-refractivity contribution in [3.63, 3.8) is 0 Å². The first-order valence-electron chi connectivity index (χ1n) is 10.1. The summed E-state index contributed by atoms with van der Waals surface area (Å²) >= 11 is 6.46. The normalized spacial score (nSPS) is 17.5. The van der Waals surface area contributed by atoms with Crippen molar-refractivity contribution in [2.75, 3.05) is 19.6 Å². The number of benzene rings is 2. The zero-order valence-corrected chi connectivity index (χ0v) is 16.9. The van der Waals surface area contributed by atoms with Gasteiger partial charge in [-0.25, -0.2) is 9.97 Å². The van der Waals surface area contributed by atoms with Gasteiger partial charge in [0.05, 0.1) is 5.69 Å². The summed E-state index contributed by atoms with van der Waals surface area (Å²) in [4.78, 5) is 11.6. The molecule has 4 rings (SSSR count). The van der Waals surface area contributed by atoms with Crippen LogP contribution in [0.5, 0.6) is 0 Å². The highest BCUT2D eigenvalue weighted by molar-refractivity contribution is 6.33. The molecule has 1 unspecified atom stereocenters. The second-order valence-corrected chi connectivity index (χ2v) is 7.94. The van der Waals surface area contributed by atoms with Crippen LogP contribution in [0.2, 0.25) is 5.02 Å². The molecule has 28 heavy (non-hydrogen) atoms. The molecule has 0 amide bonds. The van der Waals surface area contributed by atoms with Crippen LogP contribution in [0.25, 0.3) is 11.1 Å². The number of hydrogen-bond acceptors (Lipinski definition) is 3. The van der Waals surface area contributed by atoms with E-state index in [1.165, 1.54) is 31.4 Å². The summed E-state index contributed by atoms with van der Waals surface area (Å²) in [5.74, 6) is 0.430. The van der Waals surface area contributed by atoms with Crippen LogP contribution in [0.3, 0.4) is 0 Å². The van der Waals surface area contributed by atoms with Gasteiger partial charge in [0.2, 0.25) is 0 Å². The van der Waals surface area contributed by atoms with Crippen LogP contribution in [0, 0.1) is 0 Å². The van der Waals surface area contributed by atoms with Crippen molar-refractivity contribution in [1.29, 1.82) is 0 Å². The molecule has 144 valence electrons. The Morgan fingerprint density at radius 2 is 1.82 bits per heavy atom. The molecule has 0 radical (unpaired) electrons. The van der Waals surface area contributed by atoms with Crippen LogP contribution >= 0.6 is 11.6 Å². The van der Waals surface area contributed by atoms with Crippen LogP contribution < -0.4 is 0 Å². The van der Waals surface area contributed by atoms with Crippen LogP contribution in [-0.4, -0.2) is 34.5 Å². The fourth-order valence-electron chi connectivity index (χ4n) is 4.18. The Labute approximate surface area is 172 Å². The van der Waals surface area contributed by atoms with Crippen molar-refractivity contribution in [3.8, 4) is 11.1 Å². The van der Waals surface area contributed by atoms with Gasteiger partial charge in [-0.3, -0.25) is 0 Å². The lowest BCUT2D eigenvalue weighted by Gasteiger charge is -2.33. The highest BCUT2D eigenvalue weighted by Gasteiger charge is 2.25. The molecule has 1 aliphatic heterocycles. The highest BCUT2D eigenvalue weighted by Crippen LogP contribution is 2.35. The van der Waals surface area contributed by atoms with E-state index in [1.54, 1.807) is 6.33 Å². The van der Waals surface area contributed by atoms with Crippen molar-refractivity contribution in [2.24, 2.45) is 0 Å². The molecule has 0 bridgehead atoms. The van der Waals surface area contributed by atoms with Gasteiger partial charge in [-0.05, 0) is 50.4 Å². The molecule has 0 aliphatic carbocycles. The molecule has 0 saturated carbocycles. The minimum Gasteiger partial charge on any atom is -0.303 e. The predicted octanol–water partition coefficient (Wildman–Crippen LogP) is 5.61. The molecule has 1 saturated heterocycles. The first-order valence-corrected chi connectivity index (χ1v) is 10.5. The van der Waals surface area contributed by atoms with Crippen molar-refractivity contribution in [1.82, 2.24) is 14.9 Å². The third-order valence-corrected chi connectivity index (χ3v) is 5.91. The maximum atomic E-state index is 6.46. The summed E-state index contributed by atoms with van der Waals surface area (Å²) in [5.41, 5.74) is 4.66. The van der Waals surface area contributed by atoms with E-state index in [4.69, 9.17) is 11.6 Å². The molecule has 1 aliphatic rings. The van der Waals surface area contributed by atoms with E-state index >= 15 is 0 Å². The maximum Gasteiger partial charge on any atom is 0.115 e. The summed E-state index contributed by atoms with van der Waals surface area (Å²) in [6, 6.07) is 18.7. The average Bonchev–Trinajstić information content (AvgIpc) is 2.75. The van der Waals surface area contributed by atoms with Gasteiger partial charge in [0, 0.05) is 34.8 Å². The molecule has 3 aromatic rings. The Hall–Kier alpha value is -2.23. The number of piperidine rings is 1. The fourth-order valence-corrected chi connectivity index (χ4v) is 4.42. The quantitative estimate of drug-likeness (QED) is 0.546. The number of likely N-dealkylation sites (tertiary alicyclic amines) is 1. The van der Waals surface area contributed by atoms with Crippen molar-refractivity contribution in [3.05, 3.63) is 83.4 Å².